The van der Waals surface area contributed by atoms with Gasteiger partial charge in [0.1, 0.15) is 5.82 Å². The highest BCUT2D eigenvalue weighted by Crippen LogP contribution is 2.40. The fourth-order valence-corrected chi connectivity index (χ4v) is 5.81. The lowest BCUT2D eigenvalue weighted by Gasteiger charge is -2.50. The Labute approximate surface area is 213 Å². The molecule has 0 radical (unpaired) electrons. The zero-order valence-electron chi connectivity index (χ0n) is 20.7. The van der Waals surface area contributed by atoms with Crippen LogP contribution < -0.4 is 4.90 Å². The lowest BCUT2D eigenvalue weighted by atomic mass is 9.82. The Morgan fingerprint density at radius 3 is 2.24 bits per heavy atom. The molecule has 0 aliphatic carbocycles. The molecule has 198 valence electrons. The lowest BCUT2D eigenvalue weighted by Crippen LogP contribution is -2.62. The van der Waals surface area contributed by atoms with Crippen LogP contribution >= 0.6 is 0 Å². The maximum atomic E-state index is 13.8. The second-order valence-corrected chi connectivity index (χ2v) is 10.1. The van der Waals surface area contributed by atoms with Crippen molar-refractivity contribution in [2.45, 2.75) is 32.1 Å². The van der Waals surface area contributed by atoms with Gasteiger partial charge in [-0.2, -0.15) is 13.2 Å². The minimum atomic E-state index is -4.46. The van der Waals surface area contributed by atoms with Gasteiger partial charge in [-0.05, 0) is 47.9 Å². The summed E-state index contributed by atoms with van der Waals surface area (Å²) in [4.78, 5) is 33.3. The third-order valence-corrected chi connectivity index (χ3v) is 7.80. The van der Waals surface area contributed by atoms with Crippen molar-refractivity contribution in [2.24, 2.45) is 5.92 Å². The predicted molar refractivity (Wildman–Crippen MR) is 130 cm³/mol. The van der Waals surface area contributed by atoms with Gasteiger partial charge < -0.3 is 14.7 Å². The molecule has 0 saturated carbocycles. The largest absolute Gasteiger partial charge is 0.416 e. The van der Waals surface area contributed by atoms with Crippen LogP contribution in [0.3, 0.4) is 0 Å². The van der Waals surface area contributed by atoms with E-state index in [2.05, 4.69) is 9.80 Å². The van der Waals surface area contributed by atoms with Crippen LogP contribution in [0.5, 0.6) is 0 Å². The number of carbonyl (C=O) groups is 2. The molecule has 6 nitrogen and oxygen atoms in total. The highest BCUT2D eigenvalue weighted by Gasteiger charge is 2.44. The van der Waals surface area contributed by atoms with Crippen molar-refractivity contribution < 1.29 is 27.2 Å². The van der Waals surface area contributed by atoms with Gasteiger partial charge in [-0.25, -0.2) is 4.39 Å². The van der Waals surface area contributed by atoms with Crippen LogP contribution in [0.4, 0.5) is 23.2 Å². The van der Waals surface area contributed by atoms with Crippen molar-refractivity contribution in [3.8, 4) is 0 Å². The molecule has 2 amide bonds. The third kappa shape index (κ3) is 5.30. The quantitative estimate of drug-likeness (QED) is 0.585. The van der Waals surface area contributed by atoms with Gasteiger partial charge in [0.25, 0.3) is 0 Å². The SMILES string of the molecule is CC(=O)N1CCN(C(=O)C2Cc3cc(C(F)(F)F)ccc3N3CCN(Cc4ccc(F)cc4)CC23)CC1. The molecular weight excluding hydrogens is 488 g/mol. The number of fused-ring (bicyclic) bond motifs is 3. The topological polar surface area (TPSA) is 47.1 Å². The minimum absolute atomic E-state index is 0.0340. The molecule has 37 heavy (non-hydrogen) atoms. The van der Waals surface area contributed by atoms with E-state index in [1.165, 1.54) is 31.2 Å². The van der Waals surface area contributed by atoms with E-state index < -0.39 is 17.7 Å². The second-order valence-electron chi connectivity index (χ2n) is 10.1. The first-order valence-electron chi connectivity index (χ1n) is 12.6. The van der Waals surface area contributed by atoms with Crippen molar-refractivity contribution in [3.63, 3.8) is 0 Å². The average Bonchev–Trinajstić information content (AvgIpc) is 2.88. The van der Waals surface area contributed by atoms with Gasteiger partial charge in [-0.3, -0.25) is 14.5 Å². The summed E-state index contributed by atoms with van der Waals surface area (Å²) in [6.07, 6.45) is -4.22. The van der Waals surface area contributed by atoms with Crippen molar-refractivity contribution >= 4 is 17.5 Å². The van der Waals surface area contributed by atoms with Gasteiger partial charge in [-0.1, -0.05) is 12.1 Å². The van der Waals surface area contributed by atoms with E-state index in [0.717, 1.165) is 17.3 Å². The second kappa shape index (κ2) is 9.96. The number of nitrogens with zero attached hydrogens (tertiary/aromatic N) is 4. The summed E-state index contributed by atoms with van der Waals surface area (Å²) in [6, 6.07) is 9.97. The van der Waals surface area contributed by atoms with Gasteiger partial charge in [0, 0.05) is 65.0 Å². The van der Waals surface area contributed by atoms with Crippen LogP contribution in [0.25, 0.3) is 0 Å². The lowest BCUT2D eigenvalue weighted by molar-refractivity contribution is -0.142. The van der Waals surface area contributed by atoms with Crippen molar-refractivity contribution in [1.82, 2.24) is 14.7 Å². The molecule has 10 heteroatoms. The summed E-state index contributed by atoms with van der Waals surface area (Å²) in [6.45, 7) is 5.65. The van der Waals surface area contributed by atoms with Crippen LogP contribution in [0, 0.1) is 11.7 Å². The van der Waals surface area contributed by atoms with Crippen molar-refractivity contribution in [3.05, 3.63) is 65.0 Å². The molecule has 2 saturated heterocycles. The van der Waals surface area contributed by atoms with E-state index in [9.17, 15) is 27.2 Å². The number of halogens is 4. The van der Waals surface area contributed by atoms with Gasteiger partial charge in [0.15, 0.2) is 0 Å². The normalized spacial score (nSPS) is 22.5. The van der Waals surface area contributed by atoms with E-state index >= 15 is 0 Å². The van der Waals surface area contributed by atoms with E-state index in [0.29, 0.717) is 57.9 Å². The smallest absolute Gasteiger partial charge is 0.365 e. The Hall–Kier alpha value is -3.14. The first-order chi connectivity index (χ1) is 17.6. The highest BCUT2D eigenvalue weighted by atomic mass is 19.4. The van der Waals surface area contributed by atoms with E-state index in [-0.39, 0.29) is 30.1 Å². The Morgan fingerprint density at radius 1 is 0.919 bits per heavy atom. The molecule has 2 aromatic carbocycles. The summed E-state index contributed by atoms with van der Waals surface area (Å²) in [5.74, 6) is -0.916. The molecule has 0 spiro atoms. The maximum absolute atomic E-state index is 13.8. The summed E-state index contributed by atoms with van der Waals surface area (Å²) in [5, 5.41) is 0. The number of piperazine rings is 2. The zero-order valence-corrected chi connectivity index (χ0v) is 20.7. The number of anilines is 1. The molecule has 2 fully saturated rings. The maximum Gasteiger partial charge on any atom is 0.416 e. The average molecular weight is 519 g/mol. The molecule has 3 heterocycles. The molecule has 3 aliphatic rings. The monoisotopic (exact) mass is 518 g/mol. The Balaban J connectivity index is 1.41. The van der Waals surface area contributed by atoms with Gasteiger partial charge in [-0.15, -0.1) is 0 Å². The minimum Gasteiger partial charge on any atom is -0.365 e. The number of benzene rings is 2. The van der Waals surface area contributed by atoms with Crippen molar-refractivity contribution in [1.29, 1.82) is 0 Å². The summed E-state index contributed by atoms with van der Waals surface area (Å²) in [5.41, 5.74) is 1.55. The van der Waals surface area contributed by atoms with E-state index in [1.54, 1.807) is 21.9 Å². The van der Waals surface area contributed by atoms with Crippen LogP contribution in [0.2, 0.25) is 0 Å². The summed E-state index contributed by atoms with van der Waals surface area (Å²) in [7, 11) is 0. The van der Waals surface area contributed by atoms with Crippen LogP contribution in [-0.2, 0) is 28.7 Å². The zero-order chi connectivity index (χ0) is 26.3. The first kappa shape index (κ1) is 25.5. The fraction of sp³-hybridized carbons (Fsp3) is 0.481. The number of alkyl halides is 3. The Bertz CT molecular complexity index is 1160. The molecule has 2 aromatic rings. The standard InChI is InChI=1S/C27H30F4N4O2/c1-18(36)33-9-11-34(12-10-33)26(37)23-15-20-14-21(27(29,30)31)4-7-24(20)35-13-8-32(17-25(23)35)16-19-2-5-22(28)6-3-19/h2-7,14,23,25H,8-13,15-17H2,1H3. The molecule has 3 aliphatic heterocycles. The number of hydrogen-bond donors (Lipinski definition) is 0. The summed E-state index contributed by atoms with van der Waals surface area (Å²) >= 11 is 0. The molecular formula is C27H30F4N4O2. The molecule has 5 rings (SSSR count). The predicted octanol–water partition coefficient (Wildman–Crippen LogP) is 3.40. The molecule has 0 N–H and O–H groups in total. The fourth-order valence-electron chi connectivity index (χ4n) is 5.81. The van der Waals surface area contributed by atoms with Gasteiger partial charge in [0.2, 0.25) is 11.8 Å². The van der Waals surface area contributed by atoms with E-state index in [4.69, 9.17) is 0 Å². The number of amides is 2. The summed E-state index contributed by atoms with van der Waals surface area (Å²) < 4.78 is 53.8. The van der Waals surface area contributed by atoms with Crippen LogP contribution in [0.15, 0.2) is 42.5 Å². The molecule has 2 atom stereocenters. The molecule has 0 aromatic heterocycles. The first-order valence-corrected chi connectivity index (χ1v) is 12.6. The van der Waals surface area contributed by atoms with Crippen molar-refractivity contribution in [2.75, 3.05) is 50.7 Å². The molecule has 0 bridgehead atoms. The van der Waals surface area contributed by atoms with Crippen LogP contribution in [-0.4, -0.2) is 78.4 Å². The number of carbonyl (C=O) groups excluding carboxylic acids is 2. The van der Waals surface area contributed by atoms with Crippen LogP contribution in [0.1, 0.15) is 23.6 Å². The Kier molecular flexibility index (Phi) is 6.87. The van der Waals surface area contributed by atoms with Gasteiger partial charge >= 0.3 is 6.18 Å². The van der Waals surface area contributed by atoms with Gasteiger partial charge in [0.05, 0.1) is 17.5 Å². The third-order valence-electron chi connectivity index (χ3n) is 7.80. The van der Waals surface area contributed by atoms with E-state index in [1.807, 2.05) is 0 Å². The Morgan fingerprint density at radius 2 is 1.59 bits per heavy atom. The number of rotatable bonds is 3. The molecule has 2 unspecified atom stereocenters. The number of hydrogen-bond acceptors (Lipinski definition) is 4. The highest BCUT2D eigenvalue weighted by molar-refractivity contribution is 5.83.